The molecular weight excluding hydrogens is 475 g/mol. The van der Waals surface area contributed by atoms with E-state index in [2.05, 4.69) is 10.3 Å². The van der Waals surface area contributed by atoms with Crippen molar-refractivity contribution in [1.29, 1.82) is 0 Å². The average molecular weight is 499 g/mol. The molecule has 0 unspecified atom stereocenters. The Bertz CT molecular complexity index is 1440. The van der Waals surface area contributed by atoms with Gasteiger partial charge in [-0.3, -0.25) is 4.40 Å². The molecule has 2 heterocycles. The van der Waals surface area contributed by atoms with Crippen molar-refractivity contribution in [2.75, 3.05) is 11.9 Å². The summed E-state index contributed by atoms with van der Waals surface area (Å²) in [6.45, 7) is 3.08. The summed E-state index contributed by atoms with van der Waals surface area (Å²) in [4.78, 5) is 15.8. The van der Waals surface area contributed by atoms with E-state index in [1.165, 1.54) is 6.07 Å². The van der Waals surface area contributed by atoms with Gasteiger partial charge in [0.25, 0.3) is 0 Å². The molecule has 2 aromatic heterocycles. The third-order valence-corrected chi connectivity index (χ3v) is 5.96. The number of aromatic nitrogens is 2. The molecule has 4 rings (SSSR count). The van der Waals surface area contributed by atoms with Crippen LogP contribution in [0.25, 0.3) is 28.0 Å². The number of anilines is 1. The number of halogens is 3. The van der Waals surface area contributed by atoms with E-state index in [-0.39, 0.29) is 12.1 Å². The Morgan fingerprint density at radius 1 is 1.03 bits per heavy atom. The second-order valence-corrected chi connectivity index (χ2v) is 8.55. The van der Waals surface area contributed by atoms with Crippen LogP contribution in [0.1, 0.15) is 39.8 Å². The number of carbonyl (C=O) groups is 1. The van der Waals surface area contributed by atoms with Crippen LogP contribution in [0.2, 0.25) is 0 Å². The number of nitrogens with one attached hydrogen (secondary N) is 1. The number of fused-ring (bicyclic) bond motifs is 1. The van der Waals surface area contributed by atoms with Crippen LogP contribution < -0.4 is 5.32 Å². The lowest BCUT2D eigenvalue weighted by atomic mass is 10.00. The maximum atomic E-state index is 12.8. The molecule has 0 amide bonds. The molecule has 4 aromatic rings. The summed E-state index contributed by atoms with van der Waals surface area (Å²) in [5.74, 6) is -1.04. The molecule has 0 aliphatic carbocycles. The van der Waals surface area contributed by atoms with E-state index >= 15 is 0 Å². The first kappa shape index (κ1) is 25.2. The minimum atomic E-state index is -4.32. The van der Waals surface area contributed by atoms with Crippen molar-refractivity contribution < 1.29 is 33.3 Å². The van der Waals surface area contributed by atoms with E-state index in [1.807, 2.05) is 0 Å². The van der Waals surface area contributed by atoms with E-state index in [4.69, 9.17) is 0 Å². The van der Waals surface area contributed by atoms with Crippen molar-refractivity contribution in [1.82, 2.24) is 9.38 Å². The summed E-state index contributed by atoms with van der Waals surface area (Å²) in [5, 5.41) is 31.2. The van der Waals surface area contributed by atoms with Gasteiger partial charge in [0.15, 0.2) is 11.9 Å². The van der Waals surface area contributed by atoms with Crippen molar-refractivity contribution in [3.8, 4) is 22.4 Å². The fourth-order valence-electron chi connectivity index (χ4n) is 4.14. The van der Waals surface area contributed by atoms with Gasteiger partial charge in [-0.1, -0.05) is 24.3 Å². The molecule has 0 aliphatic heterocycles. The highest BCUT2D eigenvalue weighted by Crippen LogP contribution is 2.32. The Balaban J connectivity index is 1.85. The standard InChI is InChI=1S/C26H24F3N3O4/c1-14-9-16(3-5-19(14)24(33)34)18-11-21(30-8-7-26(27,28)29)23-31-12-22(32(23)13-18)17-4-6-20(25(35)36)15(2)10-17/h3-6,9-13,24,30,33-34H,7-8H2,1-2H3,(H,35,36). The van der Waals surface area contributed by atoms with Crippen LogP contribution in [-0.4, -0.2) is 43.4 Å². The Morgan fingerprint density at radius 3 is 2.33 bits per heavy atom. The zero-order chi connectivity index (χ0) is 26.2. The number of hydrogen-bond acceptors (Lipinski definition) is 5. The van der Waals surface area contributed by atoms with Crippen molar-refractivity contribution in [2.45, 2.75) is 32.7 Å². The van der Waals surface area contributed by atoms with Gasteiger partial charge in [-0.15, -0.1) is 0 Å². The van der Waals surface area contributed by atoms with Crippen LogP contribution in [0.15, 0.2) is 54.9 Å². The second kappa shape index (κ2) is 9.63. The molecule has 36 heavy (non-hydrogen) atoms. The lowest BCUT2D eigenvalue weighted by molar-refractivity contribution is -0.131. The normalized spacial score (nSPS) is 11.9. The van der Waals surface area contributed by atoms with E-state index < -0.39 is 24.9 Å². The number of pyridine rings is 1. The summed E-state index contributed by atoms with van der Waals surface area (Å²) in [7, 11) is 0. The number of nitrogens with zero attached hydrogens (tertiary/aromatic N) is 2. The van der Waals surface area contributed by atoms with Crippen molar-refractivity contribution in [3.05, 3.63) is 77.1 Å². The number of alkyl halides is 3. The summed E-state index contributed by atoms with van der Waals surface area (Å²) in [5.41, 5.74) is 5.23. The van der Waals surface area contributed by atoms with Gasteiger partial charge in [-0.05, 0) is 48.7 Å². The number of aliphatic hydroxyl groups is 2. The highest BCUT2D eigenvalue weighted by molar-refractivity contribution is 5.90. The van der Waals surface area contributed by atoms with Gasteiger partial charge < -0.3 is 20.6 Å². The third kappa shape index (κ3) is 5.19. The van der Waals surface area contributed by atoms with E-state index in [9.17, 15) is 33.3 Å². The van der Waals surface area contributed by atoms with Gasteiger partial charge in [-0.2, -0.15) is 13.2 Å². The van der Waals surface area contributed by atoms with Gasteiger partial charge in [0, 0.05) is 29.4 Å². The lowest BCUT2D eigenvalue weighted by Gasteiger charge is -2.15. The number of rotatable bonds is 7. The maximum absolute atomic E-state index is 12.8. The van der Waals surface area contributed by atoms with Crippen LogP contribution in [0.5, 0.6) is 0 Å². The Hall–Kier alpha value is -3.89. The molecule has 2 aromatic carbocycles. The first-order chi connectivity index (χ1) is 16.9. The van der Waals surface area contributed by atoms with Crippen molar-refractivity contribution in [3.63, 3.8) is 0 Å². The van der Waals surface area contributed by atoms with E-state index in [0.717, 1.165) is 5.56 Å². The average Bonchev–Trinajstić information content (AvgIpc) is 3.21. The highest BCUT2D eigenvalue weighted by atomic mass is 19.4. The summed E-state index contributed by atoms with van der Waals surface area (Å²) >= 11 is 0. The van der Waals surface area contributed by atoms with Crippen LogP contribution in [0.3, 0.4) is 0 Å². The van der Waals surface area contributed by atoms with Crippen LogP contribution in [0, 0.1) is 13.8 Å². The summed E-state index contributed by atoms with van der Waals surface area (Å²) < 4.78 is 40.1. The number of carboxylic acids is 1. The molecule has 0 spiro atoms. The Morgan fingerprint density at radius 2 is 1.72 bits per heavy atom. The number of aromatic carboxylic acids is 1. The fourth-order valence-corrected chi connectivity index (χ4v) is 4.14. The molecule has 0 bridgehead atoms. The highest BCUT2D eigenvalue weighted by Gasteiger charge is 2.26. The Labute approximate surface area is 204 Å². The molecule has 188 valence electrons. The molecule has 0 atom stereocenters. The van der Waals surface area contributed by atoms with Gasteiger partial charge in [0.1, 0.15) is 0 Å². The number of aryl methyl sites for hydroxylation is 2. The number of aliphatic hydroxyl groups excluding tert-OH is 1. The van der Waals surface area contributed by atoms with Crippen LogP contribution in [0.4, 0.5) is 18.9 Å². The molecule has 0 aliphatic rings. The monoisotopic (exact) mass is 499 g/mol. The topological polar surface area (TPSA) is 107 Å². The summed E-state index contributed by atoms with van der Waals surface area (Å²) in [6, 6.07) is 11.6. The van der Waals surface area contributed by atoms with Gasteiger partial charge in [0.2, 0.25) is 0 Å². The minimum Gasteiger partial charge on any atom is -0.478 e. The van der Waals surface area contributed by atoms with Crippen molar-refractivity contribution >= 4 is 17.3 Å². The predicted octanol–water partition coefficient (Wildman–Crippen LogP) is 5.33. The molecule has 0 saturated carbocycles. The van der Waals surface area contributed by atoms with Gasteiger partial charge in [-0.25, -0.2) is 9.78 Å². The van der Waals surface area contributed by atoms with Gasteiger partial charge in [0.05, 0.1) is 29.6 Å². The summed E-state index contributed by atoms with van der Waals surface area (Å²) in [6.07, 6.45) is -3.59. The number of carboxylic acid groups (broad SMARTS) is 1. The zero-order valence-electron chi connectivity index (χ0n) is 19.5. The molecule has 4 N–H and O–H groups in total. The molecule has 0 saturated heterocycles. The maximum Gasteiger partial charge on any atom is 0.390 e. The molecule has 7 nitrogen and oxygen atoms in total. The van der Waals surface area contributed by atoms with Crippen molar-refractivity contribution in [2.24, 2.45) is 0 Å². The number of hydrogen-bond donors (Lipinski definition) is 4. The molecule has 10 heteroatoms. The number of benzene rings is 2. The quantitative estimate of drug-likeness (QED) is 0.256. The SMILES string of the molecule is Cc1cc(-c2cnc3c(NCCC(F)(F)F)cc(-c4ccc(C(O)O)c(C)c4)cn23)ccc1C(=O)O. The number of imidazole rings is 1. The fraction of sp³-hybridized carbons (Fsp3) is 0.231. The Kier molecular flexibility index (Phi) is 6.75. The van der Waals surface area contributed by atoms with E-state index in [1.54, 1.807) is 67.0 Å². The predicted molar refractivity (Wildman–Crippen MR) is 129 cm³/mol. The molecule has 0 radical (unpaired) electrons. The second-order valence-electron chi connectivity index (χ2n) is 8.55. The molecule has 0 fully saturated rings. The van der Waals surface area contributed by atoms with E-state index in [0.29, 0.717) is 44.8 Å². The minimum absolute atomic E-state index is 0.171. The van der Waals surface area contributed by atoms with Crippen LogP contribution in [-0.2, 0) is 0 Å². The zero-order valence-corrected chi connectivity index (χ0v) is 19.5. The third-order valence-electron chi connectivity index (χ3n) is 5.96. The first-order valence-corrected chi connectivity index (χ1v) is 11.1. The largest absolute Gasteiger partial charge is 0.478 e. The van der Waals surface area contributed by atoms with Crippen LogP contribution >= 0.6 is 0 Å². The lowest BCUT2D eigenvalue weighted by Crippen LogP contribution is -2.15. The first-order valence-electron chi connectivity index (χ1n) is 11.1. The smallest absolute Gasteiger partial charge is 0.390 e. The van der Waals surface area contributed by atoms with Gasteiger partial charge >= 0.3 is 12.1 Å². The molecular formula is C26H24F3N3O4.